The van der Waals surface area contributed by atoms with E-state index in [1.165, 1.54) is 0 Å². The topological polar surface area (TPSA) is 48.1 Å². The molecule has 0 saturated carbocycles. The molecule has 11 heavy (non-hydrogen) atoms. The second kappa shape index (κ2) is 3.28. The van der Waals surface area contributed by atoms with Gasteiger partial charge in [-0.25, -0.2) is 4.98 Å². The highest BCUT2D eigenvalue weighted by Crippen LogP contribution is 2.04. The maximum Gasteiger partial charge on any atom is 0.206 e. The highest BCUT2D eigenvalue weighted by atomic mass is 16.5. The first-order chi connectivity index (χ1) is 5.27. The summed E-state index contributed by atoms with van der Waals surface area (Å²) in [7, 11) is 2.50. The predicted octanol–water partition coefficient (Wildman–Crippen LogP) is -0.218. The molecule has 1 aromatic rings. The Morgan fingerprint density at radius 3 is 2.91 bits per heavy atom. The maximum absolute atomic E-state index is 5.54. The van der Waals surface area contributed by atoms with Crippen LogP contribution in [0.15, 0.2) is 12.3 Å². The van der Waals surface area contributed by atoms with Crippen LogP contribution in [0.4, 0.5) is 5.69 Å². The van der Waals surface area contributed by atoms with Crippen LogP contribution in [-0.2, 0) is 0 Å². The van der Waals surface area contributed by atoms with Crippen LogP contribution in [0.3, 0.4) is 0 Å². The summed E-state index contributed by atoms with van der Waals surface area (Å²) < 4.78 is 5.02. The van der Waals surface area contributed by atoms with Crippen LogP contribution in [0.2, 0.25) is 6.82 Å². The minimum Gasteiger partial charge on any atom is -0.481 e. The number of nitrogens with zero attached hydrogens (tertiary/aromatic N) is 1. The van der Waals surface area contributed by atoms with Crippen LogP contribution in [0.1, 0.15) is 0 Å². The number of hydrogen-bond acceptors (Lipinski definition) is 3. The molecule has 0 spiro atoms. The van der Waals surface area contributed by atoms with Crippen LogP contribution in [-0.4, -0.2) is 19.4 Å². The third-order valence-corrected chi connectivity index (χ3v) is 1.52. The summed E-state index contributed by atoms with van der Waals surface area (Å²) in [6, 6.07) is 1.88. The molecule has 2 N–H and O–H groups in total. The fourth-order valence-electron chi connectivity index (χ4n) is 0.953. The largest absolute Gasteiger partial charge is 0.481 e. The lowest BCUT2D eigenvalue weighted by atomic mass is 9.74. The minimum atomic E-state index is 0.668. The van der Waals surface area contributed by atoms with Crippen molar-refractivity contribution in [3.8, 4) is 5.88 Å². The Morgan fingerprint density at radius 1 is 1.64 bits per heavy atom. The second-order valence-electron chi connectivity index (χ2n) is 2.29. The Morgan fingerprint density at radius 2 is 2.36 bits per heavy atom. The average molecular weight is 150 g/mol. The molecule has 3 nitrogen and oxygen atoms in total. The van der Waals surface area contributed by atoms with Gasteiger partial charge in [0.15, 0.2) is 7.28 Å². The molecule has 0 atom stereocenters. The van der Waals surface area contributed by atoms with Crippen LogP contribution >= 0.6 is 0 Å². The Kier molecular flexibility index (Phi) is 2.36. The lowest BCUT2D eigenvalue weighted by Crippen LogP contribution is -2.16. The molecule has 0 unspecified atom stereocenters. The molecule has 58 valence electrons. The van der Waals surface area contributed by atoms with E-state index in [9.17, 15) is 0 Å². The number of rotatable bonds is 2. The summed E-state index contributed by atoms with van der Waals surface area (Å²) in [5, 5.41) is 0. The normalized spacial score (nSPS) is 9.27. The summed E-state index contributed by atoms with van der Waals surface area (Å²) in [6.45, 7) is 2.04. The average Bonchev–Trinajstić information content (AvgIpc) is 2.04. The molecule has 0 bridgehead atoms. The summed E-state index contributed by atoms with van der Waals surface area (Å²) in [4.78, 5) is 4.02. The van der Waals surface area contributed by atoms with Crippen LogP contribution in [0.25, 0.3) is 0 Å². The smallest absolute Gasteiger partial charge is 0.206 e. The van der Waals surface area contributed by atoms with Gasteiger partial charge in [-0.3, -0.25) is 0 Å². The number of ether oxygens (including phenoxy) is 1. The van der Waals surface area contributed by atoms with Crippen LogP contribution in [0.5, 0.6) is 5.88 Å². The van der Waals surface area contributed by atoms with Gasteiger partial charge in [-0.2, -0.15) is 0 Å². The van der Waals surface area contributed by atoms with E-state index in [0.717, 1.165) is 12.7 Å². The molecule has 0 fully saturated rings. The first-order valence-corrected chi connectivity index (χ1v) is 3.56. The molecular weight excluding hydrogens is 139 g/mol. The molecule has 0 aromatic carbocycles. The summed E-state index contributed by atoms with van der Waals surface area (Å²) in [6.07, 6.45) is 1.60. The van der Waals surface area contributed by atoms with Crippen molar-refractivity contribution in [1.82, 2.24) is 4.98 Å². The van der Waals surface area contributed by atoms with E-state index < -0.39 is 0 Å². The monoisotopic (exact) mass is 150 g/mol. The fourth-order valence-corrected chi connectivity index (χ4v) is 0.953. The third-order valence-electron chi connectivity index (χ3n) is 1.52. The third kappa shape index (κ3) is 1.64. The molecule has 0 amide bonds. The molecule has 0 radical (unpaired) electrons. The van der Waals surface area contributed by atoms with Crippen molar-refractivity contribution in [2.75, 3.05) is 12.8 Å². The van der Waals surface area contributed by atoms with Crippen molar-refractivity contribution < 1.29 is 4.74 Å². The van der Waals surface area contributed by atoms with Crippen LogP contribution < -0.4 is 15.9 Å². The van der Waals surface area contributed by atoms with E-state index in [-0.39, 0.29) is 0 Å². The van der Waals surface area contributed by atoms with Gasteiger partial charge in [0.2, 0.25) is 5.88 Å². The first-order valence-electron chi connectivity index (χ1n) is 3.56. The number of nitrogens with two attached hydrogens (primary N) is 1. The zero-order valence-corrected chi connectivity index (χ0v) is 6.79. The van der Waals surface area contributed by atoms with Gasteiger partial charge in [0.25, 0.3) is 0 Å². The van der Waals surface area contributed by atoms with E-state index in [0.29, 0.717) is 11.6 Å². The number of methoxy groups -OCH3 is 1. The number of nitrogen functional groups attached to an aromatic ring is 1. The Hall–Kier alpha value is -1.19. The summed E-state index contributed by atoms with van der Waals surface area (Å²) >= 11 is 0. The van der Waals surface area contributed by atoms with Gasteiger partial charge in [0.05, 0.1) is 13.3 Å². The van der Waals surface area contributed by atoms with E-state index in [1.807, 2.05) is 12.9 Å². The van der Waals surface area contributed by atoms with Gasteiger partial charge in [-0.05, 0) is 11.5 Å². The number of aromatic nitrogens is 1. The van der Waals surface area contributed by atoms with E-state index >= 15 is 0 Å². The molecule has 1 heterocycles. The van der Waals surface area contributed by atoms with Crippen LogP contribution in [0, 0.1) is 0 Å². The van der Waals surface area contributed by atoms with Crippen molar-refractivity contribution in [1.29, 1.82) is 0 Å². The van der Waals surface area contributed by atoms with E-state index in [4.69, 9.17) is 10.5 Å². The van der Waals surface area contributed by atoms with Crippen molar-refractivity contribution in [3.63, 3.8) is 0 Å². The van der Waals surface area contributed by atoms with Crippen molar-refractivity contribution in [3.05, 3.63) is 12.3 Å². The molecule has 4 heteroatoms. The van der Waals surface area contributed by atoms with Crippen molar-refractivity contribution in [2.24, 2.45) is 0 Å². The van der Waals surface area contributed by atoms with E-state index in [1.54, 1.807) is 13.3 Å². The fraction of sp³-hybridized carbons (Fsp3) is 0.286. The lowest BCUT2D eigenvalue weighted by molar-refractivity contribution is 0.401. The van der Waals surface area contributed by atoms with Gasteiger partial charge in [-0.15, -0.1) is 0 Å². The molecule has 0 aliphatic carbocycles. The Bertz CT molecular complexity index is 252. The molecular formula is C7H11BN2O. The molecule has 0 aliphatic heterocycles. The summed E-state index contributed by atoms with van der Waals surface area (Å²) in [5.41, 5.74) is 7.27. The van der Waals surface area contributed by atoms with Gasteiger partial charge in [0.1, 0.15) is 0 Å². The standard InChI is InChI=1S/C7H11BN2O/c1-8-6-3-5(9)4-10-7(6)11-2/h3-4,8H,9H2,1-2H3. The predicted molar refractivity (Wildman–Crippen MR) is 47.8 cm³/mol. The molecule has 0 aliphatic rings. The zero-order chi connectivity index (χ0) is 8.27. The molecule has 1 rings (SSSR count). The number of pyridine rings is 1. The van der Waals surface area contributed by atoms with Crippen molar-refractivity contribution in [2.45, 2.75) is 6.82 Å². The molecule has 1 aromatic heterocycles. The maximum atomic E-state index is 5.54. The number of anilines is 1. The quantitative estimate of drug-likeness (QED) is 0.593. The first kappa shape index (κ1) is 7.92. The minimum absolute atomic E-state index is 0.668. The van der Waals surface area contributed by atoms with Gasteiger partial charge in [-0.1, -0.05) is 6.82 Å². The second-order valence-corrected chi connectivity index (χ2v) is 2.29. The number of hydrogen-bond donors (Lipinski definition) is 1. The van der Waals surface area contributed by atoms with Crippen molar-refractivity contribution >= 4 is 18.4 Å². The molecule has 0 saturated heterocycles. The van der Waals surface area contributed by atoms with E-state index in [2.05, 4.69) is 4.98 Å². The summed E-state index contributed by atoms with van der Waals surface area (Å²) in [5.74, 6) is 0.668. The highest BCUT2D eigenvalue weighted by molar-refractivity contribution is 6.53. The van der Waals surface area contributed by atoms with Gasteiger partial charge >= 0.3 is 0 Å². The highest BCUT2D eigenvalue weighted by Gasteiger charge is 2.01. The van der Waals surface area contributed by atoms with Gasteiger partial charge in [0, 0.05) is 5.69 Å². The Balaban J connectivity index is 3.06. The SMILES string of the molecule is CBc1cc(N)cnc1OC. The van der Waals surface area contributed by atoms with Gasteiger partial charge < -0.3 is 10.5 Å². The zero-order valence-electron chi connectivity index (χ0n) is 6.79. The lowest BCUT2D eigenvalue weighted by Gasteiger charge is -2.04. The Labute approximate surface area is 66.8 Å².